The Labute approximate surface area is 173 Å². The monoisotopic (exact) mass is 390 g/mol. The van der Waals surface area contributed by atoms with Crippen LogP contribution in [0.4, 0.5) is 0 Å². The summed E-state index contributed by atoms with van der Waals surface area (Å²) in [6, 6.07) is 17.7. The number of ether oxygens (including phenoxy) is 1. The highest BCUT2D eigenvalue weighted by atomic mass is 16.5. The molecule has 1 heterocycles. The normalized spacial score (nSPS) is 12.0. The van der Waals surface area contributed by atoms with Crippen LogP contribution in [0.5, 0.6) is 5.75 Å². The molecule has 29 heavy (non-hydrogen) atoms. The predicted octanol–water partition coefficient (Wildman–Crippen LogP) is 6.00. The number of nitrogens with one attached hydrogen (secondary N) is 1. The van der Waals surface area contributed by atoms with Crippen LogP contribution >= 0.6 is 0 Å². The van der Waals surface area contributed by atoms with Crippen molar-refractivity contribution in [2.24, 2.45) is 0 Å². The molecule has 1 N–H and O–H groups in total. The number of para-hydroxylation sites is 1. The molecule has 4 heteroatoms. The summed E-state index contributed by atoms with van der Waals surface area (Å²) in [6.45, 7) is 6.86. The molecule has 0 aliphatic carbocycles. The van der Waals surface area contributed by atoms with E-state index in [1.165, 1.54) is 12.8 Å². The van der Waals surface area contributed by atoms with Crippen LogP contribution in [0.2, 0.25) is 0 Å². The van der Waals surface area contributed by atoms with Gasteiger partial charge in [0.2, 0.25) is 0 Å². The summed E-state index contributed by atoms with van der Waals surface area (Å²) >= 11 is 0. The smallest absolute Gasteiger partial charge is 0.252 e. The van der Waals surface area contributed by atoms with E-state index in [0.29, 0.717) is 12.2 Å². The highest BCUT2D eigenvalue weighted by Gasteiger charge is 2.16. The van der Waals surface area contributed by atoms with Gasteiger partial charge in [-0.15, -0.1) is 0 Å². The van der Waals surface area contributed by atoms with E-state index in [9.17, 15) is 4.79 Å². The SMILES string of the molecule is CCCCCC(C)NC(=O)c1cc(-c2ccc(OCC)cc2)nc2ccccc12. The summed E-state index contributed by atoms with van der Waals surface area (Å²) in [5.41, 5.74) is 3.24. The molecule has 4 nitrogen and oxygen atoms in total. The third-order valence-electron chi connectivity index (χ3n) is 5.04. The van der Waals surface area contributed by atoms with Gasteiger partial charge in [0, 0.05) is 17.0 Å². The summed E-state index contributed by atoms with van der Waals surface area (Å²) in [4.78, 5) is 17.8. The Balaban J connectivity index is 1.90. The summed E-state index contributed by atoms with van der Waals surface area (Å²) in [6.07, 6.45) is 4.50. The van der Waals surface area contributed by atoms with Crippen molar-refractivity contribution in [1.82, 2.24) is 10.3 Å². The van der Waals surface area contributed by atoms with Crippen LogP contribution in [0.25, 0.3) is 22.2 Å². The van der Waals surface area contributed by atoms with Gasteiger partial charge in [0.25, 0.3) is 5.91 Å². The maximum Gasteiger partial charge on any atom is 0.252 e. The van der Waals surface area contributed by atoms with E-state index in [4.69, 9.17) is 9.72 Å². The van der Waals surface area contributed by atoms with Crippen LogP contribution in [0.15, 0.2) is 54.6 Å². The zero-order valence-electron chi connectivity index (χ0n) is 17.6. The van der Waals surface area contributed by atoms with E-state index < -0.39 is 0 Å². The molecule has 1 unspecified atom stereocenters. The van der Waals surface area contributed by atoms with E-state index in [-0.39, 0.29) is 11.9 Å². The van der Waals surface area contributed by atoms with Crippen molar-refractivity contribution in [3.63, 3.8) is 0 Å². The van der Waals surface area contributed by atoms with Crippen molar-refractivity contribution in [1.29, 1.82) is 0 Å². The fourth-order valence-electron chi connectivity index (χ4n) is 3.47. The molecular formula is C25H30N2O2. The molecule has 0 saturated heterocycles. The molecule has 0 fully saturated rings. The first kappa shape index (κ1) is 20.8. The molecule has 0 radical (unpaired) electrons. The van der Waals surface area contributed by atoms with Crippen molar-refractivity contribution >= 4 is 16.8 Å². The molecular weight excluding hydrogens is 360 g/mol. The zero-order valence-corrected chi connectivity index (χ0v) is 17.6. The van der Waals surface area contributed by atoms with Gasteiger partial charge in [0.05, 0.1) is 23.4 Å². The average molecular weight is 391 g/mol. The Kier molecular flexibility index (Phi) is 7.23. The third-order valence-corrected chi connectivity index (χ3v) is 5.04. The molecule has 0 bridgehead atoms. The minimum absolute atomic E-state index is 0.0419. The molecule has 152 valence electrons. The van der Waals surface area contributed by atoms with Crippen LogP contribution < -0.4 is 10.1 Å². The lowest BCUT2D eigenvalue weighted by molar-refractivity contribution is 0.0939. The van der Waals surface area contributed by atoms with Crippen molar-refractivity contribution in [2.75, 3.05) is 6.61 Å². The number of hydrogen-bond donors (Lipinski definition) is 1. The van der Waals surface area contributed by atoms with Gasteiger partial charge in [0.1, 0.15) is 5.75 Å². The van der Waals surface area contributed by atoms with Crippen LogP contribution in [0.3, 0.4) is 0 Å². The maximum absolute atomic E-state index is 13.1. The van der Waals surface area contributed by atoms with E-state index in [1.54, 1.807) is 0 Å². The van der Waals surface area contributed by atoms with E-state index in [1.807, 2.05) is 61.5 Å². The molecule has 0 aliphatic rings. The standard InChI is InChI=1S/C25H30N2O2/c1-4-6-7-10-18(3)26-25(28)22-17-24(27-23-12-9-8-11-21(22)23)19-13-15-20(16-14-19)29-5-2/h8-9,11-18H,4-7,10H2,1-3H3,(H,26,28). The number of aromatic nitrogens is 1. The molecule has 3 rings (SSSR count). The quantitative estimate of drug-likeness (QED) is 0.456. The van der Waals surface area contributed by atoms with Crippen LogP contribution in [0.1, 0.15) is 56.8 Å². The van der Waals surface area contributed by atoms with Gasteiger partial charge in [-0.2, -0.15) is 0 Å². The molecule has 3 aromatic rings. The van der Waals surface area contributed by atoms with Crippen LogP contribution in [0, 0.1) is 0 Å². The second kappa shape index (κ2) is 10.1. The zero-order chi connectivity index (χ0) is 20.6. The number of fused-ring (bicyclic) bond motifs is 1. The number of unbranched alkanes of at least 4 members (excludes halogenated alkanes) is 2. The maximum atomic E-state index is 13.1. The third kappa shape index (κ3) is 5.35. The number of amides is 1. The number of carbonyl (C=O) groups is 1. The topological polar surface area (TPSA) is 51.2 Å². The highest BCUT2D eigenvalue weighted by molar-refractivity contribution is 6.07. The van der Waals surface area contributed by atoms with Gasteiger partial charge in [-0.05, 0) is 56.7 Å². The molecule has 0 aliphatic heterocycles. The van der Waals surface area contributed by atoms with Gasteiger partial charge < -0.3 is 10.1 Å². The first-order chi connectivity index (χ1) is 14.1. The number of rotatable bonds is 9. The summed E-state index contributed by atoms with van der Waals surface area (Å²) in [5.74, 6) is 0.788. The van der Waals surface area contributed by atoms with Crippen molar-refractivity contribution in [3.05, 3.63) is 60.2 Å². The minimum Gasteiger partial charge on any atom is -0.494 e. The van der Waals surface area contributed by atoms with E-state index >= 15 is 0 Å². The van der Waals surface area contributed by atoms with Gasteiger partial charge in [-0.1, -0.05) is 44.4 Å². The van der Waals surface area contributed by atoms with Gasteiger partial charge in [-0.25, -0.2) is 4.98 Å². The average Bonchev–Trinajstić information content (AvgIpc) is 2.74. The lowest BCUT2D eigenvalue weighted by Crippen LogP contribution is -2.32. The summed E-state index contributed by atoms with van der Waals surface area (Å²) in [7, 11) is 0. The van der Waals surface area contributed by atoms with Crippen molar-refractivity contribution in [3.8, 4) is 17.0 Å². The van der Waals surface area contributed by atoms with Crippen molar-refractivity contribution in [2.45, 2.75) is 52.5 Å². The van der Waals surface area contributed by atoms with Gasteiger partial charge >= 0.3 is 0 Å². The Hall–Kier alpha value is -2.88. The molecule has 2 aromatic carbocycles. The largest absolute Gasteiger partial charge is 0.494 e. The fourth-order valence-corrected chi connectivity index (χ4v) is 3.47. The Morgan fingerprint density at radius 3 is 2.55 bits per heavy atom. The van der Waals surface area contributed by atoms with Gasteiger partial charge in [-0.3, -0.25) is 4.79 Å². The lowest BCUT2D eigenvalue weighted by Gasteiger charge is -2.15. The summed E-state index contributed by atoms with van der Waals surface area (Å²) in [5, 5.41) is 4.04. The first-order valence-corrected chi connectivity index (χ1v) is 10.6. The molecule has 1 amide bonds. The number of hydrogen-bond acceptors (Lipinski definition) is 3. The van der Waals surface area contributed by atoms with E-state index in [2.05, 4.69) is 19.2 Å². The summed E-state index contributed by atoms with van der Waals surface area (Å²) < 4.78 is 5.53. The number of pyridine rings is 1. The van der Waals surface area contributed by atoms with Gasteiger partial charge in [0.15, 0.2) is 0 Å². The molecule has 1 atom stereocenters. The Morgan fingerprint density at radius 1 is 1.07 bits per heavy atom. The first-order valence-electron chi connectivity index (χ1n) is 10.6. The lowest BCUT2D eigenvalue weighted by atomic mass is 10.0. The predicted molar refractivity (Wildman–Crippen MR) is 119 cm³/mol. The van der Waals surface area contributed by atoms with Crippen LogP contribution in [-0.2, 0) is 0 Å². The molecule has 1 aromatic heterocycles. The highest BCUT2D eigenvalue weighted by Crippen LogP contribution is 2.26. The van der Waals surface area contributed by atoms with Crippen molar-refractivity contribution < 1.29 is 9.53 Å². The minimum atomic E-state index is -0.0419. The molecule has 0 spiro atoms. The Bertz CT molecular complexity index is 951. The number of benzene rings is 2. The Morgan fingerprint density at radius 2 is 1.83 bits per heavy atom. The fraction of sp³-hybridized carbons (Fsp3) is 0.360. The second-order valence-corrected chi connectivity index (χ2v) is 7.40. The second-order valence-electron chi connectivity index (χ2n) is 7.40. The molecule has 0 saturated carbocycles. The van der Waals surface area contributed by atoms with Crippen LogP contribution in [-0.4, -0.2) is 23.5 Å². The van der Waals surface area contributed by atoms with E-state index in [0.717, 1.165) is 40.8 Å². The number of carbonyl (C=O) groups excluding carboxylic acids is 1. The number of nitrogens with zero attached hydrogens (tertiary/aromatic N) is 1.